The third-order valence-electron chi connectivity index (χ3n) is 5.28. The fourth-order valence-corrected chi connectivity index (χ4v) is 4.13. The van der Waals surface area contributed by atoms with E-state index >= 15 is 0 Å². The summed E-state index contributed by atoms with van der Waals surface area (Å²) < 4.78 is 5.28. The number of carboxylic acids is 1. The zero-order valence-corrected chi connectivity index (χ0v) is 13.7. The average Bonchev–Trinajstić information content (AvgIpc) is 3.27. The zero-order valence-electron chi connectivity index (χ0n) is 13.7. The van der Waals surface area contributed by atoms with Crippen molar-refractivity contribution in [3.05, 3.63) is 36.3 Å². The highest BCUT2D eigenvalue weighted by molar-refractivity contribution is 5.96. The molecule has 4 rings (SSSR count). The molecule has 0 aromatic carbocycles. The molecule has 1 aliphatic heterocycles. The number of aromatic nitrogens is 2. The van der Waals surface area contributed by atoms with Gasteiger partial charge < -0.3 is 14.5 Å². The van der Waals surface area contributed by atoms with Crippen molar-refractivity contribution in [2.24, 2.45) is 5.92 Å². The maximum atomic E-state index is 13.0. The Morgan fingerprint density at radius 1 is 1.28 bits per heavy atom. The molecule has 2 aromatic heterocycles. The van der Waals surface area contributed by atoms with Gasteiger partial charge in [0.15, 0.2) is 11.5 Å². The lowest BCUT2D eigenvalue weighted by atomic mass is 9.84. The van der Waals surface area contributed by atoms with E-state index in [4.69, 9.17) is 4.52 Å². The number of rotatable bonds is 3. The van der Waals surface area contributed by atoms with Gasteiger partial charge in [-0.3, -0.25) is 9.78 Å². The molecule has 3 atom stereocenters. The van der Waals surface area contributed by atoms with Gasteiger partial charge in [0.2, 0.25) is 0 Å². The summed E-state index contributed by atoms with van der Waals surface area (Å²) in [4.78, 5) is 30.2. The number of hydrogen-bond acceptors (Lipinski definition) is 5. The van der Waals surface area contributed by atoms with Crippen LogP contribution in [0.4, 0.5) is 0 Å². The van der Waals surface area contributed by atoms with E-state index in [0.29, 0.717) is 12.2 Å². The topological polar surface area (TPSA) is 96.5 Å². The molecule has 25 heavy (non-hydrogen) atoms. The summed E-state index contributed by atoms with van der Waals surface area (Å²) in [6.45, 7) is 0. The Labute approximate surface area is 144 Å². The van der Waals surface area contributed by atoms with E-state index in [1.807, 2.05) is 6.07 Å². The molecule has 0 radical (unpaired) electrons. The largest absolute Gasteiger partial charge is 0.480 e. The van der Waals surface area contributed by atoms with Crippen molar-refractivity contribution in [1.82, 2.24) is 15.0 Å². The van der Waals surface area contributed by atoms with Gasteiger partial charge in [-0.25, -0.2) is 4.79 Å². The molecule has 2 fully saturated rings. The normalized spacial score (nSPS) is 25.6. The summed E-state index contributed by atoms with van der Waals surface area (Å²) >= 11 is 0. The standard InChI is InChI=1S/C18H19N3O4/c22-17(13-9-16(25-20-13)12-5-3-7-19-10-12)21-14-6-2-1-4-11(14)8-15(21)18(23)24/h3,5,7,9-11,14-15H,1-2,4,6,8H2,(H,23,24)/t11-,14-,15+/m1/s1. The van der Waals surface area contributed by atoms with Gasteiger partial charge in [-0.1, -0.05) is 18.0 Å². The highest BCUT2D eigenvalue weighted by atomic mass is 16.5. The number of carbonyl (C=O) groups excluding carboxylic acids is 1. The van der Waals surface area contributed by atoms with Crippen LogP contribution in [-0.2, 0) is 4.79 Å². The summed E-state index contributed by atoms with van der Waals surface area (Å²) in [5, 5.41) is 13.4. The number of amides is 1. The Morgan fingerprint density at radius 3 is 2.88 bits per heavy atom. The highest BCUT2D eigenvalue weighted by Crippen LogP contribution is 2.40. The van der Waals surface area contributed by atoms with Crippen LogP contribution in [0, 0.1) is 5.92 Å². The zero-order chi connectivity index (χ0) is 17.4. The van der Waals surface area contributed by atoms with E-state index in [9.17, 15) is 14.7 Å². The first-order valence-corrected chi connectivity index (χ1v) is 8.57. The molecule has 7 nitrogen and oxygen atoms in total. The van der Waals surface area contributed by atoms with Gasteiger partial charge >= 0.3 is 5.97 Å². The van der Waals surface area contributed by atoms with Crippen molar-refractivity contribution in [3.63, 3.8) is 0 Å². The van der Waals surface area contributed by atoms with Gasteiger partial charge in [0, 0.05) is 30.1 Å². The predicted octanol–water partition coefficient (Wildman–Crippen LogP) is 2.59. The van der Waals surface area contributed by atoms with Crippen molar-refractivity contribution >= 4 is 11.9 Å². The Hall–Kier alpha value is -2.70. The summed E-state index contributed by atoms with van der Waals surface area (Å²) in [6, 6.07) is 4.36. The van der Waals surface area contributed by atoms with Gasteiger partial charge in [0.05, 0.1) is 0 Å². The number of carboxylic acid groups (broad SMARTS) is 1. The lowest BCUT2D eigenvalue weighted by molar-refractivity contribution is -0.141. The Bertz CT molecular complexity index is 789. The summed E-state index contributed by atoms with van der Waals surface area (Å²) in [5.41, 5.74) is 0.872. The fraction of sp³-hybridized carbons (Fsp3) is 0.444. The molecule has 0 bridgehead atoms. The molecule has 2 aromatic rings. The number of hydrogen-bond donors (Lipinski definition) is 1. The van der Waals surface area contributed by atoms with Crippen LogP contribution in [0.5, 0.6) is 0 Å². The van der Waals surface area contributed by atoms with Gasteiger partial charge in [0.1, 0.15) is 6.04 Å². The summed E-state index contributed by atoms with van der Waals surface area (Å²) in [5.74, 6) is -0.592. The van der Waals surface area contributed by atoms with Gasteiger partial charge in [-0.05, 0) is 37.3 Å². The van der Waals surface area contributed by atoms with Crippen LogP contribution >= 0.6 is 0 Å². The first-order valence-electron chi connectivity index (χ1n) is 8.57. The van der Waals surface area contributed by atoms with Crippen molar-refractivity contribution < 1.29 is 19.2 Å². The maximum Gasteiger partial charge on any atom is 0.326 e. The van der Waals surface area contributed by atoms with Gasteiger partial charge in [-0.2, -0.15) is 0 Å². The predicted molar refractivity (Wildman–Crippen MR) is 87.7 cm³/mol. The van der Waals surface area contributed by atoms with Gasteiger partial charge in [0.25, 0.3) is 5.91 Å². The van der Waals surface area contributed by atoms with Crippen LogP contribution in [-0.4, -0.2) is 44.1 Å². The van der Waals surface area contributed by atoms with Crippen LogP contribution in [0.15, 0.2) is 35.1 Å². The smallest absolute Gasteiger partial charge is 0.326 e. The number of pyridine rings is 1. The van der Waals surface area contributed by atoms with Crippen LogP contribution in [0.3, 0.4) is 0 Å². The number of carbonyl (C=O) groups is 2. The van der Waals surface area contributed by atoms with Crippen molar-refractivity contribution in [1.29, 1.82) is 0 Å². The SMILES string of the molecule is O=C(O)[C@@H]1C[C@H]2CCCC[C@H]2N1C(=O)c1cc(-c2cccnc2)on1. The second-order valence-electron chi connectivity index (χ2n) is 6.73. The van der Waals surface area contributed by atoms with Crippen LogP contribution < -0.4 is 0 Å². The molecule has 3 heterocycles. The quantitative estimate of drug-likeness (QED) is 0.922. The third-order valence-corrected chi connectivity index (χ3v) is 5.28. The summed E-state index contributed by atoms with van der Waals surface area (Å²) in [6.07, 6.45) is 7.77. The third kappa shape index (κ3) is 2.79. The number of fused-ring (bicyclic) bond motifs is 1. The van der Waals surface area contributed by atoms with E-state index in [1.54, 1.807) is 24.5 Å². The van der Waals surface area contributed by atoms with Crippen molar-refractivity contribution in [2.45, 2.75) is 44.2 Å². The molecule has 2 aliphatic rings. The maximum absolute atomic E-state index is 13.0. The highest BCUT2D eigenvalue weighted by Gasteiger charge is 2.48. The first kappa shape index (κ1) is 15.8. The number of aliphatic carboxylic acids is 1. The minimum atomic E-state index is -0.946. The minimum Gasteiger partial charge on any atom is -0.480 e. The van der Waals surface area contributed by atoms with E-state index < -0.39 is 12.0 Å². The van der Waals surface area contributed by atoms with Crippen LogP contribution in [0.2, 0.25) is 0 Å². The van der Waals surface area contributed by atoms with Crippen molar-refractivity contribution in [3.8, 4) is 11.3 Å². The number of nitrogens with zero attached hydrogens (tertiary/aromatic N) is 3. The molecule has 7 heteroatoms. The van der Waals surface area contributed by atoms with Gasteiger partial charge in [-0.15, -0.1) is 0 Å². The van der Waals surface area contributed by atoms with Crippen LogP contribution in [0.1, 0.15) is 42.6 Å². The molecular formula is C18H19N3O4. The van der Waals surface area contributed by atoms with E-state index in [2.05, 4.69) is 10.1 Å². The molecule has 1 saturated carbocycles. The molecule has 1 saturated heterocycles. The van der Waals surface area contributed by atoms with Crippen molar-refractivity contribution in [2.75, 3.05) is 0 Å². The fourth-order valence-electron chi connectivity index (χ4n) is 4.13. The second-order valence-corrected chi connectivity index (χ2v) is 6.73. The van der Waals surface area contributed by atoms with E-state index in [-0.39, 0.29) is 23.6 Å². The second kappa shape index (κ2) is 6.31. The molecule has 1 amide bonds. The average molecular weight is 341 g/mol. The lowest BCUT2D eigenvalue weighted by Gasteiger charge is -2.32. The Kier molecular flexibility index (Phi) is 3.99. The first-order chi connectivity index (χ1) is 12.1. The molecule has 1 N–H and O–H groups in total. The summed E-state index contributed by atoms with van der Waals surface area (Å²) in [7, 11) is 0. The number of likely N-dealkylation sites (tertiary alicyclic amines) is 1. The minimum absolute atomic E-state index is 0.0131. The molecular weight excluding hydrogens is 322 g/mol. The van der Waals surface area contributed by atoms with Crippen LogP contribution in [0.25, 0.3) is 11.3 Å². The molecule has 0 spiro atoms. The van der Waals surface area contributed by atoms with E-state index in [0.717, 1.165) is 31.2 Å². The molecule has 1 aliphatic carbocycles. The Morgan fingerprint density at radius 2 is 2.12 bits per heavy atom. The monoisotopic (exact) mass is 341 g/mol. The molecule has 0 unspecified atom stereocenters. The lowest BCUT2D eigenvalue weighted by Crippen LogP contribution is -2.46. The van der Waals surface area contributed by atoms with E-state index in [1.165, 1.54) is 4.90 Å². The Balaban J connectivity index is 1.63. The molecule has 130 valence electrons.